The summed E-state index contributed by atoms with van der Waals surface area (Å²) in [4.78, 5) is 10.7. The molecule has 0 saturated heterocycles. The molecule has 0 unspecified atom stereocenters. The number of hydrogen-bond acceptors (Lipinski definition) is 1. The van der Waals surface area contributed by atoms with Gasteiger partial charge in [-0.25, -0.2) is 0 Å². The van der Waals surface area contributed by atoms with Crippen molar-refractivity contribution >= 4 is 5.91 Å². The van der Waals surface area contributed by atoms with E-state index in [1.54, 1.807) is 0 Å². The number of nitrogens with one attached hydrogen (secondary N) is 1. The van der Waals surface area contributed by atoms with E-state index in [0.29, 0.717) is 12.5 Å². The maximum absolute atomic E-state index is 10.7. The van der Waals surface area contributed by atoms with Gasteiger partial charge in [0.05, 0.1) is 0 Å². The van der Waals surface area contributed by atoms with E-state index in [4.69, 9.17) is 0 Å². The van der Waals surface area contributed by atoms with Crippen LogP contribution in [0.3, 0.4) is 0 Å². The standard InChI is InChI=1S/C7H15NO/c1-4-6(3)8-7(9)5-2/h6H,4-5H2,1-3H3,(H,8,9)/t6-/m1/s1. The molecule has 54 valence electrons. The molecule has 9 heavy (non-hydrogen) atoms. The lowest BCUT2D eigenvalue weighted by Crippen LogP contribution is -2.31. The maximum atomic E-state index is 10.7. The van der Waals surface area contributed by atoms with Crippen molar-refractivity contribution in [3.8, 4) is 0 Å². The molecule has 0 rings (SSSR count). The van der Waals surface area contributed by atoms with Gasteiger partial charge < -0.3 is 5.32 Å². The minimum atomic E-state index is 0.143. The summed E-state index contributed by atoms with van der Waals surface area (Å²) >= 11 is 0. The second-order valence-corrected chi connectivity index (χ2v) is 2.23. The summed E-state index contributed by atoms with van der Waals surface area (Å²) in [5.74, 6) is 0.143. The van der Waals surface area contributed by atoms with Crippen molar-refractivity contribution in [3.63, 3.8) is 0 Å². The predicted octanol–water partition coefficient (Wildman–Crippen LogP) is 1.31. The third-order valence-electron chi connectivity index (χ3n) is 1.34. The van der Waals surface area contributed by atoms with E-state index in [1.807, 2.05) is 13.8 Å². The molecule has 0 aliphatic carbocycles. The van der Waals surface area contributed by atoms with Crippen molar-refractivity contribution < 1.29 is 4.79 Å². The lowest BCUT2D eigenvalue weighted by Gasteiger charge is -2.08. The van der Waals surface area contributed by atoms with Gasteiger partial charge in [0.2, 0.25) is 5.91 Å². The largest absolute Gasteiger partial charge is 0.354 e. The van der Waals surface area contributed by atoms with E-state index >= 15 is 0 Å². The zero-order chi connectivity index (χ0) is 7.28. The molecule has 2 nitrogen and oxygen atoms in total. The first-order chi connectivity index (χ1) is 4.20. The monoisotopic (exact) mass is 129 g/mol. The Morgan fingerprint density at radius 1 is 1.56 bits per heavy atom. The van der Waals surface area contributed by atoms with Crippen LogP contribution >= 0.6 is 0 Å². The molecule has 0 radical (unpaired) electrons. The molecule has 0 spiro atoms. The Morgan fingerprint density at radius 3 is 2.44 bits per heavy atom. The van der Waals surface area contributed by atoms with Gasteiger partial charge in [0, 0.05) is 12.5 Å². The number of rotatable bonds is 3. The van der Waals surface area contributed by atoms with E-state index in [0.717, 1.165) is 6.42 Å². The molecule has 0 aliphatic rings. The van der Waals surface area contributed by atoms with E-state index in [1.165, 1.54) is 0 Å². The van der Waals surface area contributed by atoms with Crippen LogP contribution in [0.5, 0.6) is 0 Å². The average Bonchev–Trinajstić information content (AvgIpc) is 1.87. The van der Waals surface area contributed by atoms with Gasteiger partial charge in [-0.2, -0.15) is 0 Å². The average molecular weight is 129 g/mol. The zero-order valence-corrected chi connectivity index (χ0v) is 6.40. The highest BCUT2D eigenvalue weighted by atomic mass is 16.1. The van der Waals surface area contributed by atoms with Gasteiger partial charge in [0.15, 0.2) is 0 Å². The molecule has 0 fully saturated rings. The van der Waals surface area contributed by atoms with Crippen molar-refractivity contribution in [2.24, 2.45) is 0 Å². The number of hydrogen-bond donors (Lipinski definition) is 1. The third kappa shape index (κ3) is 4.01. The van der Waals surface area contributed by atoms with E-state index in [-0.39, 0.29) is 5.91 Å². The minimum absolute atomic E-state index is 0.143. The Bertz CT molecular complexity index is 90.9. The van der Waals surface area contributed by atoms with E-state index in [2.05, 4.69) is 12.2 Å². The Morgan fingerprint density at radius 2 is 2.11 bits per heavy atom. The smallest absolute Gasteiger partial charge is 0.219 e. The second-order valence-electron chi connectivity index (χ2n) is 2.23. The molecule has 0 heterocycles. The normalized spacial score (nSPS) is 12.8. The topological polar surface area (TPSA) is 29.1 Å². The van der Waals surface area contributed by atoms with Crippen molar-refractivity contribution in [2.45, 2.75) is 39.7 Å². The second kappa shape index (κ2) is 4.36. The van der Waals surface area contributed by atoms with Gasteiger partial charge in [-0.3, -0.25) is 4.79 Å². The van der Waals surface area contributed by atoms with Gasteiger partial charge in [-0.15, -0.1) is 0 Å². The van der Waals surface area contributed by atoms with Crippen molar-refractivity contribution in [2.75, 3.05) is 0 Å². The van der Waals surface area contributed by atoms with Crippen LogP contribution in [0, 0.1) is 0 Å². The van der Waals surface area contributed by atoms with Crippen LogP contribution in [0.4, 0.5) is 0 Å². The molecular weight excluding hydrogens is 114 g/mol. The Labute approximate surface area is 56.6 Å². The highest BCUT2D eigenvalue weighted by Gasteiger charge is 2.00. The van der Waals surface area contributed by atoms with Gasteiger partial charge >= 0.3 is 0 Å². The Balaban J connectivity index is 3.34. The lowest BCUT2D eigenvalue weighted by molar-refractivity contribution is -0.121. The Kier molecular flexibility index (Phi) is 4.10. The van der Waals surface area contributed by atoms with Crippen LogP contribution in [0.2, 0.25) is 0 Å². The highest BCUT2D eigenvalue weighted by Crippen LogP contribution is 1.87. The first-order valence-corrected chi connectivity index (χ1v) is 3.50. The molecule has 0 bridgehead atoms. The SMILES string of the molecule is CCC(=O)N[C@H](C)CC. The summed E-state index contributed by atoms with van der Waals surface area (Å²) in [6.07, 6.45) is 1.59. The number of carbonyl (C=O) groups is 1. The third-order valence-corrected chi connectivity index (χ3v) is 1.34. The van der Waals surface area contributed by atoms with Crippen molar-refractivity contribution in [3.05, 3.63) is 0 Å². The summed E-state index contributed by atoms with van der Waals surface area (Å²) in [7, 11) is 0. The molecule has 0 aromatic rings. The fourth-order valence-electron chi connectivity index (χ4n) is 0.479. The summed E-state index contributed by atoms with van der Waals surface area (Å²) in [5.41, 5.74) is 0. The predicted molar refractivity (Wildman–Crippen MR) is 38.2 cm³/mol. The Hall–Kier alpha value is -0.530. The van der Waals surface area contributed by atoms with Crippen LogP contribution in [-0.4, -0.2) is 11.9 Å². The van der Waals surface area contributed by atoms with Crippen LogP contribution in [0.1, 0.15) is 33.6 Å². The number of amides is 1. The summed E-state index contributed by atoms with van der Waals surface area (Å²) in [6, 6.07) is 0.331. The molecular formula is C7H15NO. The molecule has 2 heteroatoms. The number of carbonyl (C=O) groups excluding carboxylic acids is 1. The van der Waals surface area contributed by atoms with Crippen LogP contribution in [0.15, 0.2) is 0 Å². The summed E-state index contributed by atoms with van der Waals surface area (Å²) in [6.45, 7) is 5.92. The van der Waals surface area contributed by atoms with Gasteiger partial charge in [0.1, 0.15) is 0 Å². The lowest BCUT2D eigenvalue weighted by atomic mass is 10.2. The summed E-state index contributed by atoms with van der Waals surface area (Å²) < 4.78 is 0. The first kappa shape index (κ1) is 8.47. The molecule has 0 saturated carbocycles. The quantitative estimate of drug-likeness (QED) is 0.611. The first-order valence-electron chi connectivity index (χ1n) is 3.50. The van der Waals surface area contributed by atoms with Crippen molar-refractivity contribution in [1.82, 2.24) is 5.32 Å². The van der Waals surface area contributed by atoms with Crippen molar-refractivity contribution in [1.29, 1.82) is 0 Å². The zero-order valence-electron chi connectivity index (χ0n) is 6.40. The maximum Gasteiger partial charge on any atom is 0.219 e. The minimum Gasteiger partial charge on any atom is -0.354 e. The molecule has 0 aliphatic heterocycles. The molecule has 1 amide bonds. The van der Waals surface area contributed by atoms with Crippen LogP contribution in [-0.2, 0) is 4.79 Å². The van der Waals surface area contributed by atoms with Crippen LogP contribution < -0.4 is 5.32 Å². The van der Waals surface area contributed by atoms with E-state index < -0.39 is 0 Å². The molecule has 1 N–H and O–H groups in total. The molecule has 0 aromatic heterocycles. The fraction of sp³-hybridized carbons (Fsp3) is 0.857. The molecule has 0 aromatic carbocycles. The van der Waals surface area contributed by atoms with E-state index in [9.17, 15) is 4.79 Å². The fourth-order valence-corrected chi connectivity index (χ4v) is 0.479. The van der Waals surface area contributed by atoms with Gasteiger partial charge in [0.25, 0.3) is 0 Å². The van der Waals surface area contributed by atoms with Crippen LogP contribution in [0.25, 0.3) is 0 Å². The van der Waals surface area contributed by atoms with Gasteiger partial charge in [-0.1, -0.05) is 13.8 Å². The summed E-state index contributed by atoms with van der Waals surface area (Å²) in [5, 5.41) is 2.84. The molecule has 1 atom stereocenters. The van der Waals surface area contributed by atoms with Gasteiger partial charge in [-0.05, 0) is 13.3 Å². The highest BCUT2D eigenvalue weighted by molar-refractivity contribution is 5.75.